The van der Waals surface area contributed by atoms with Crippen molar-refractivity contribution in [2.75, 3.05) is 11.4 Å². The van der Waals surface area contributed by atoms with Crippen LogP contribution in [0.4, 0.5) is 18.9 Å². The van der Waals surface area contributed by atoms with Crippen LogP contribution in [0.2, 0.25) is 0 Å². The molecule has 1 N–H and O–H groups in total. The van der Waals surface area contributed by atoms with Crippen LogP contribution in [0.15, 0.2) is 42.5 Å². The highest BCUT2D eigenvalue weighted by molar-refractivity contribution is 5.99. The van der Waals surface area contributed by atoms with E-state index in [4.69, 9.17) is 0 Å². The summed E-state index contributed by atoms with van der Waals surface area (Å²) in [4.78, 5) is 26.2. The topological polar surface area (TPSA) is 49.4 Å². The summed E-state index contributed by atoms with van der Waals surface area (Å²) in [6.07, 6.45) is -4.57. The predicted octanol–water partition coefficient (Wildman–Crippen LogP) is 3.86. The standard InChI is InChI=1S/C20H19F3N2O2/c1-12-7-8-15(9-13(12)2)25-11-14(10-18(25)26)24-19(27)16-5-3-4-6-17(16)20(21,22)23/h3-9,14H,10-11H2,1-2H3,(H,24,27)/t14-/m0/s1. The fourth-order valence-electron chi connectivity index (χ4n) is 3.14. The largest absolute Gasteiger partial charge is 0.417 e. The van der Waals surface area contributed by atoms with E-state index in [1.165, 1.54) is 12.1 Å². The molecule has 1 atom stereocenters. The molecule has 2 aromatic carbocycles. The molecular weight excluding hydrogens is 357 g/mol. The fraction of sp³-hybridized carbons (Fsp3) is 0.300. The van der Waals surface area contributed by atoms with E-state index in [-0.39, 0.29) is 18.9 Å². The van der Waals surface area contributed by atoms with Gasteiger partial charge in [0.2, 0.25) is 5.91 Å². The number of nitrogens with zero attached hydrogens (tertiary/aromatic N) is 1. The number of nitrogens with one attached hydrogen (secondary N) is 1. The van der Waals surface area contributed by atoms with Crippen LogP contribution in [0.5, 0.6) is 0 Å². The number of halogens is 3. The van der Waals surface area contributed by atoms with Crippen molar-refractivity contribution in [1.29, 1.82) is 0 Å². The van der Waals surface area contributed by atoms with Crippen LogP contribution in [0.25, 0.3) is 0 Å². The Morgan fingerprint density at radius 2 is 1.81 bits per heavy atom. The van der Waals surface area contributed by atoms with Crippen molar-refractivity contribution in [1.82, 2.24) is 5.32 Å². The lowest BCUT2D eigenvalue weighted by atomic mass is 10.1. The number of hydrogen-bond acceptors (Lipinski definition) is 2. The monoisotopic (exact) mass is 376 g/mol. The molecule has 0 aromatic heterocycles. The zero-order chi connectivity index (χ0) is 19.8. The molecule has 27 heavy (non-hydrogen) atoms. The number of alkyl halides is 3. The Labute approximate surface area is 155 Å². The number of amides is 2. The summed E-state index contributed by atoms with van der Waals surface area (Å²) in [5, 5.41) is 2.56. The molecular formula is C20H19F3N2O2. The van der Waals surface area contributed by atoms with Gasteiger partial charge in [0.25, 0.3) is 5.91 Å². The Bertz CT molecular complexity index is 893. The Morgan fingerprint density at radius 3 is 2.48 bits per heavy atom. The normalized spacial score (nSPS) is 17.3. The number of anilines is 1. The van der Waals surface area contributed by atoms with Crippen LogP contribution in [-0.4, -0.2) is 24.4 Å². The zero-order valence-electron chi connectivity index (χ0n) is 14.9. The summed E-state index contributed by atoms with van der Waals surface area (Å²) in [7, 11) is 0. The highest BCUT2D eigenvalue weighted by Crippen LogP contribution is 2.32. The average Bonchev–Trinajstić information content (AvgIpc) is 2.97. The van der Waals surface area contributed by atoms with Crippen molar-refractivity contribution in [3.05, 3.63) is 64.7 Å². The maximum Gasteiger partial charge on any atom is 0.417 e. The number of aryl methyl sites for hydroxylation is 2. The molecule has 3 rings (SSSR count). The molecule has 0 unspecified atom stereocenters. The van der Waals surface area contributed by atoms with Gasteiger partial charge in [0.05, 0.1) is 17.2 Å². The molecule has 2 amide bonds. The molecule has 7 heteroatoms. The van der Waals surface area contributed by atoms with Crippen LogP contribution in [0.1, 0.15) is 33.5 Å². The summed E-state index contributed by atoms with van der Waals surface area (Å²) in [5.41, 5.74) is 1.42. The molecule has 142 valence electrons. The summed E-state index contributed by atoms with van der Waals surface area (Å²) in [6, 6.07) is 9.69. The predicted molar refractivity (Wildman–Crippen MR) is 95.6 cm³/mol. The minimum absolute atomic E-state index is 0.0485. The highest BCUT2D eigenvalue weighted by Gasteiger charge is 2.36. The average molecular weight is 376 g/mol. The van der Waals surface area contributed by atoms with Gasteiger partial charge in [-0.25, -0.2) is 0 Å². The van der Waals surface area contributed by atoms with Crippen LogP contribution in [-0.2, 0) is 11.0 Å². The summed E-state index contributed by atoms with van der Waals surface area (Å²) >= 11 is 0. The van der Waals surface area contributed by atoms with Crippen LogP contribution >= 0.6 is 0 Å². The lowest BCUT2D eigenvalue weighted by Gasteiger charge is -2.19. The van der Waals surface area contributed by atoms with Crippen molar-refractivity contribution >= 4 is 17.5 Å². The summed E-state index contributed by atoms with van der Waals surface area (Å²) in [6.45, 7) is 4.13. The van der Waals surface area contributed by atoms with Gasteiger partial charge in [-0.2, -0.15) is 13.2 Å². The molecule has 1 aliphatic rings. The van der Waals surface area contributed by atoms with E-state index in [0.717, 1.165) is 28.9 Å². The van der Waals surface area contributed by atoms with Crippen molar-refractivity contribution in [3.8, 4) is 0 Å². The van der Waals surface area contributed by atoms with E-state index >= 15 is 0 Å². The Balaban J connectivity index is 1.75. The lowest BCUT2D eigenvalue weighted by molar-refractivity contribution is -0.138. The molecule has 0 aliphatic carbocycles. The van der Waals surface area contributed by atoms with Crippen LogP contribution < -0.4 is 10.2 Å². The van der Waals surface area contributed by atoms with Gasteiger partial charge in [0.1, 0.15) is 0 Å². The van der Waals surface area contributed by atoms with E-state index < -0.39 is 29.3 Å². The Morgan fingerprint density at radius 1 is 1.11 bits per heavy atom. The number of rotatable bonds is 3. The van der Waals surface area contributed by atoms with E-state index in [2.05, 4.69) is 5.32 Å². The van der Waals surface area contributed by atoms with Gasteiger partial charge in [-0.05, 0) is 49.2 Å². The Kier molecular flexibility index (Phi) is 4.95. The first kappa shape index (κ1) is 18.9. The van der Waals surface area contributed by atoms with E-state index in [1.807, 2.05) is 32.0 Å². The third-order valence-electron chi connectivity index (χ3n) is 4.74. The maximum atomic E-state index is 13.1. The third-order valence-corrected chi connectivity index (χ3v) is 4.74. The second-order valence-corrected chi connectivity index (χ2v) is 6.69. The first-order chi connectivity index (χ1) is 12.7. The molecule has 1 heterocycles. The molecule has 0 bridgehead atoms. The number of hydrogen-bond donors (Lipinski definition) is 1. The summed E-state index contributed by atoms with van der Waals surface area (Å²) in [5.74, 6) is -1.00. The number of carbonyl (C=O) groups is 2. The van der Waals surface area contributed by atoms with Gasteiger partial charge >= 0.3 is 6.18 Å². The lowest BCUT2D eigenvalue weighted by Crippen LogP contribution is -2.38. The zero-order valence-corrected chi connectivity index (χ0v) is 14.9. The van der Waals surface area contributed by atoms with Gasteiger partial charge in [0, 0.05) is 18.7 Å². The summed E-state index contributed by atoms with van der Waals surface area (Å²) < 4.78 is 39.3. The maximum absolute atomic E-state index is 13.1. The minimum atomic E-state index is -4.62. The molecule has 1 fully saturated rings. The second-order valence-electron chi connectivity index (χ2n) is 6.69. The van der Waals surface area contributed by atoms with Crippen molar-refractivity contribution < 1.29 is 22.8 Å². The molecule has 2 aromatic rings. The molecule has 4 nitrogen and oxygen atoms in total. The highest BCUT2D eigenvalue weighted by atomic mass is 19.4. The van der Waals surface area contributed by atoms with Gasteiger partial charge in [-0.1, -0.05) is 18.2 Å². The Hall–Kier alpha value is -2.83. The van der Waals surface area contributed by atoms with Crippen molar-refractivity contribution in [3.63, 3.8) is 0 Å². The minimum Gasteiger partial charge on any atom is -0.347 e. The van der Waals surface area contributed by atoms with Crippen LogP contribution in [0, 0.1) is 13.8 Å². The quantitative estimate of drug-likeness (QED) is 0.884. The number of carbonyl (C=O) groups excluding carboxylic acids is 2. The molecule has 1 aliphatic heterocycles. The smallest absolute Gasteiger partial charge is 0.347 e. The second kappa shape index (κ2) is 7.06. The van der Waals surface area contributed by atoms with E-state index in [0.29, 0.717) is 0 Å². The van der Waals surface area contributed by atoms with Gasteiger partial charge in [-0.15, -0.1) is 0 Å². The first-order valence-electron chi connectivity index (χ1n) is 8.51. The van der Waals surface area contributed by atoms with Crippen molar-refractivity contribution in [2.45, 2.75) is 32.5 Å². The number of benzene rings is 2. The molecule has 0 saturated carbocycles. The van der Waals surface area contributed by atoms with Crippen LogP contribution in [0.3, 0.4) is 0 Å². The third kappa shape index (κ3) is 3.97. The van der Waals surface area contributed by atoms with Gasteiger partial charge in [-0.3, -0.25) is 9.59 Å². The SMILES string of the molecule is Cc1ccc(N2C[C@@H](NC(=O)c3ccccc3C(F)(F)F)CC2=O)cc1C. The van der Waals surface area contributed by atoms with Gasteiger partial charge < -0.3 is 10.2 Å². The molecule has 1 saturated heterocycles. The fourth-order valence-corrected chi connectivity index (χ4v) is 3.14. The van der Waals surface area contributed by atoms with E-state index in [9.17, 15) is 22.8 Å². The van der Waals surface area contributed by atoms with E-state index in [1.54, 1.807) is 4.90 Å². The van der Waals surface area contributed by atoms with Crippen molar-refractivity contribution in [2.24, 2.45) is 0 Å². The first-order valence-corrected chi connectivity index (χ1v) is 8.51. The van der Waals surface area contributed by atoms with Gasteiger partial charge in [0.15, 0.2) is 0 Å². The molecule has 0 radical (unpaired) electrons. The molecule has 0 spiro atoms.